The van der Waals surface area contributed by atoms with Gasteiger partial charge in [-0.1, -0.05) is 12.1 Å². The molecule has 0 saturated carbocycles. The minimum Gasteiger partial charge on any atom is -0.466 e. The minimum atomic E-state index is -1.03. The second-order valence-electron chi connectivity index (χ2n) is 5.52. The van der Waals surface area contributed by atoms with Crippen molar-refractivity contribution in [1.82, 2.24) is 0 Å². The predicted molar refractivity (Wildman–Crippen MR) is 92.0 cm³/mol. The van der Waals surface area contributed by atoms with Crippen LogP contribution in [-0.2, 0) is 23.8 Å². The van der Waals surface area contributed by atoms with Crippen molar-refractivity contribution in [2.45, 2.75) is 26.2 Å². The Hall–Kier alpha value is -3.34. The Balaban J connectivity index is 2.64. The molecule has 1 heterocycles. The molecule has 1 aliphatic rings. The van der Waals surface area contributed by atoms with Gasteiger partial charge in [-0.25, -0.2) is 9.18 Å². The molecule has 0 saturated heterocycles. The molecule has 7 nitrogen and oxygen atoms in total. The maximum absolute atomic E-state index is 13.8. The lowest BCUT2D eigenvalue weighted by Gasteiger charge is -2.27. The molecule has 2 rings (SSSR count). The summed E-state index contributed by atoms with van der Waals surface area (Å²) in [4.78, 5) is 24.5. The van der Waals surface area contributed by atoms with Gasteiger partial charge in [-0.2, -0.15) is 5.26 Å². The van der Waals surface area contributed by atoms with Crippen molar-refractivity contribution in [1.29, 1.82) is 5.26 Å². The molecule has 1 aromatic rings. The number of allylic oxidation sites excluding steroid dienone is 1. The second-order valence-corrected chi connectivity index (χ2v) is 5.52. The van der Waals surface area contributed by atoms with Crippen LogP contribution in [0.3, 0.4) is 0 Å². The average molecular weight is 374 g/mol. The number of rotatable bonds is 6. The summed E-state index contributed by atoms with van der Waals surface area (Å²) in [5.74, 6) is -3.35. The first-order valence-electron chi connectivity index (χ1n) is 8.31. The SMILES string of the molecule is CCOC(=O)CC1=C(C(=O)OCC)[C@@H](c2cccc(F)c2)C(C#N)=C(N)O1. The Bertz CT molecular complexity index is 854. The normalized spacial score (nSPS) is 16.4. The fraction of sp³-hybridized carbons (Fsp3) is 0.316. The van der Waals surface area contributed by atoms with E-state index in [1.165, 1.54) is 18.2 Å². The van der Waals surface area contributed by atoms with Crippen LogP contribution in [-0.4, -0.2) is 25.2 Å². The van der Waals surface area contributed by atoms with Gasteiger partial charge >= 0.3 is 11.9 Å². The van der Waals surface area contributed by atoms with E-state index in [0.717, 1.165) is 0 Å². The number of benzene rings is 1. The van der Waals surface area contributed by atoms with Gasteiger partial charge in [-0.3, -0.25) is 4.79 Å². The maximum Gasteiger partial charge on any atom is 0.338 e. The third-order valence-electron chi connectivity index (χ3n) is 3.78. The predicted octanol–water partition coefficient (Wildman–Crippen LogP) is 2.40. The van der Waals surface area contributed by atoms with Gasteiger partial charge in [0, 0.05) is 0 Å². The number of nitrogens with two attached hydrogens (primary N) is 1. The van der Waals surface area contributed by atoms with E-state index in [-0.39, 0.29) is 42.4 Å². The molecule has 0 aromatic heterocycles. The van der Waals surface area contributed by atoms with Gasteiger partial charge in [0.05, 0.1) is 24.7 Å². The Kier molecular flexibility index (Phi) is 6.55. The molecule has 0 aliphatic carbocycles. The van der Waals surface area contributed by atoms with E-state index in [1.54, 1.807) is 19.9 Å². The maximum atomic E-state index is 13.8. The fourth-order valence-electron chi connectivity index (χ4n) is 2.74. The highest BCUT2D eigenvalue weighted by Gasteiger charge is 2.38. The van der Waals surface area contributed by atoms with Crippen LogP contribution in [0.25, 0.3) is 0 Å². The highest BCUT2D eigenvalue weighted by Crippen LogP contribution is 2.40. The molecule has 1 aromatic carbocycles. The summed E-state index contributed by atoms with van der Waals surface area (Å²) in [6.45, 7) is 3.45. The lowest BCUT2D eigenvalue weighted by Crippen LogP contribution is -2.27. The van der Waals surface area contributed by atoms with Crippen molar-refractivity contribution in [3.05, 3.63) is 58.4 Å². The summed E-state index contributed by atoms with van der Waals surface area (Å²) in [5, 5.41) is 9.52. The molecule has 0 amide bonds. The minimum absolute atomic E-state index is 0.0615. The summed E-state index contributed by atoms with van der Waals surface area (Å²) >= 11 is 0. The summed E-state index contributed by atoms with van der Waals surface area (Å²) in [7, 11) is 0. The molecule has 8 heteroatoms. The molecule has 0 spiro atoms. The van der Waals surface area contributed by atoms with Crippen molar-refractivity contribution in [2.24, 2.45) is 5.73 Å². The number of esters is 2. The van der Waals surface area contributed by atoms with Crippen molar-refractivity contribution >= 4 is 11.9 Å². The number of hydrogen-bond acceptors (Lipinski definition) is 7. The molecular weight excluding hydrogens is 355 g/mol. The lowest BCUT2D eigenvalue weighted by atomic mass is 9.82. The van der Waals surface area contributed by atoms with Crippen LogP contribution in [0.5, 0.6) is 0 Å². The summed E-state index contributed by atoms with van der Waals surface area (Å²) in [6.07, 6.45) is -0.382. The zero-order valence-electron chi connectivity index (χ0n) is 15.0. The Labute approximate surface area is 155 Å². The van der Waals surface area contributed by atoms with Crippen LogP contribution in [0, 0.1) is 17.1 Å². The van der Waals surface area contributed by atoms with Crippen LogP contribution in [0.15, 0.2) is 47.1 Å². The monoisotopic (exact) mass is 374 g/mol. The van der Waals surface area contributed by atoms with Crippen LogP contribution < -0.4 is 5.73 Å². The number of nitrogens with zero attached hydrogens (tertiary/aromatic N) is 1. The van der Waals surface area contributed by atoms with Crippen LogP contribution in [0.2, 0.25) is 0 Å². The largest absolute Gasteiger partial charge is 0.466 e. The first kappa shape index (κ1) is 20.0. The number of halogens is 1. The van der Waals surface area contributed by atoms with Gasteiger partial charge in [0.25, 0.3) is 0 Å². The molecule has 1 aliphatic heterocycles. The molecule has 142 valence electrons. The highest BCUT2D eigenvalue weighted by atomic mass is 19.1. The number of ether oxygens (including phenoxy) is 3. The molecule has 0 bridgehead atoms. The first-order valence-corrected chi connectivity index (χ1v) is 8.31. The quantitative estimate of drug-likeness (QED) is 0.761. The van der Waals surface area contributed by atoms with Crippen molar-refractivity contribution in [3.63, 3.8) is 0 Å². The van der Waals surface area contributed by atoms with Gasteiger partial charge in [0.1, 0.15) is 29.6 Å². The van der Waals surface area contributed by atoms with Crippen LogP contribution in [0.4, 0.5) is 4.39 Å². The number of carbonyl (C=O) groups is 2. The molecule has 0 fully saturated rings. The van der Waals surface area contributed by atoms with E-state index in [2.05, 4.69) is 0 Å². The lowest BCUT2D eigenvalue weighted by molar-refractivity contribution is -0.143. The van der Waals surface area contributed by atoms with E-state index in [9.17, 15) is 19.2 Å². The standard InChI is InChI=1S/C19H19FN2O5/c1-3-25-15(23)9-14-17(19(24)26-4-2)16(13(10-21)18(22)27-14)11-6-5-7-12(20)8-11/h5-8,16H,3-4,9,22H2,1-2H3/t16-/m0/s1. The van der Waals surface area contributed by atoms with Gasteiger partial charge in [-0.15, -0.1) is 0 Å². The molecule has 2 N–H and O–H groups in total. The van der Waals surface area contributed by atoms with Gasteiger partial charge in [-0.05, 0) is 31.5 Å². The average Bonchev–Trinajstić information content (AvgIpc) is 2.61. The second kappa shape index (κ2) is 8.85. The Morgan fingerprint density at radius 1 is 1.30 bits per heavy atom. The van der Waals surface area contributed by atoms with E-state index < -0.39 is 23.7 Å². The van der Waals surface area contributed by atoms with Gasteiger partial charge in [0.15, 0.2) is 0 Å². The van der Waals surface area contributed by atoms with Crippen molar-refractivity contribution < 1.29 is 28.2 Å². The van der Waals surface area contributed by atoms with E-state index >= 15 is 0 Å². The smallest absolute Gasteiger partial charge is 0.338 e. The molecule has 1 atom stereocenters. The summed E-state index contributed by atoms with van der Waals surface area (Å²) in [6, 6.07) is 7.30. The molecular formula is C19H19FN2O5. The van der Waals surface area contributed by atoms with E-state index in [0.29, 0.717) is 5.56 Å². The fourth-order valence-corrected chi connectivity index (χ4v) is 2.74. The zero-order chi connectivity index (χ0) is 20.0. The number of nitriles is 1. The Morgan fingerprint density at radius 2 is 2.00 bits per heavy atom. The van der Waals surface area contributed by atoms with Gasteiger partial charge in [0.2, 0.25) is 5.88 Å². The highest BCUT2D eigenvalue weighted by molar-refractivity contribution is 5.93. The molecule has 0 radical (unpaired) electrons. The molecule has 0 unspecified atom stereocenters. The number of hydrogen-bond donors (Lipinski definition) is 1. The van der Waals surface area contributed by atoms with Crippen LogP contribution in [0.1, 0.15) is 31.7 Å². The van der Waals surface area contributed by atoms with E-state index in [4.69, 9.17) is 19.9 Å². The summed E-state index contributed by atoms with van der Waals surface area (Å²) in [5.41, 5.74) is 5.99. The number of carbonyl (C=O) groups excluding carboxylic acids is 2. The zero-order valence-corrected chi connectivity index (χ0v) is 15.0. The topological polar surface area (TPSA) is 112 Å². The summed E-state index contributed by atoms with van der Waals surface area (Å²) < 4.78 is 29.1. The third kappa shape index (κ3) is 4.44. The Morgan fingerprint density at radius 3 is 2.59 bits per heavy atom. The van der Waals surface area contributed by atoms with Crippen molar-refractivity contribution in [2.75, 3.05) is 13.2 Å². The third-order valence-corrected chi connectivity index (χ3v) is 3.78. The van der Waals surface area contributed by atoms with Gasteiger partial charge < -0.3 is 19.9 Å². The van der Waals surface area contributed by atoms with Crippen molar-refractivity contribution in [3.8, 4) is 6.07 Å². The van der Waals surface area contributed by atoms with E-state index in [1.807, 2.05) is 6.07 Å². The van der Waals surface area contributed by atoms with Crippen LogP contribution >= 0.6 is 0 Å². The molecule has 27 heavy (non-hydrogen) atoms. The first-order chi connectivity index (χ1) is 12.9.